The van der Waals surface area contributed by atoms with Gasteiger partial charge in [-0.1, -0.05) is 90.5 Å². The van der Waals surface area contributed by atoms with Gasteiger partial charge in [0.2, 0.25) is 0 Å². The molecular weight excluding hydrogens is 538 g/mol. The van der Waals surface area contributed by atoms with Gasteiger partial charge in [-0.3, -0.25) is 5.32 Å². The Balaban J connectivity index is 1.10. The van der Waals surface area contributed by atoms with E-state index in [1.807, 2.05) is 79.7 Å². The highest BCUT2D eigenvalue weighted by atomic mass is 16.6. The molecule has 1 aliphatic carbocycles. The number of benzene rings is 5. The molecule has 5 aromatic carbocycles. The van der Waals surface area contributed by atoms with Gasteiger partial charge in [-0.15, -0.1) is 0 Å². The Kier molecular flexibility index (Phi) is 7.92. The number of carbonyl (C=O) groups is 2. The average molecular weight is 570 g/mol. The van der Waals surface area contributed by atoms with Crippen LogP contribution in [0.3, 0.4) is 0 Å². The van der Waals surface area contributed by atoms with Crippen LogP contribution < -0.4 is 10.1 Å². The van der Waals surface area contributed by atoms with Crippen molar-refractivity contribution < 1.29 is 23.8 Å². The van der Waals surface area contributed by atoms with Crippen LogP contribution in [-0.2, 0) is 9.47 Å². The first-order chi connectivity index (χ1) is 21.0. The minimum absolute atomic E-state index is 0.0255. The fourth-order valence-electron chi connectivity index (χ4n) is 5.47. The lowest BCUT2D eigenvalue weighted by atomic mass is 9.98. The quantitative estimate of drug-likeness (QED) is 0.190. The van der Waals surface area contributed by atoms with Gasteiger partial charge in [-0.05, 0) is 76.7 Å². The molecule has 0 bridgehead atoms. The molecule has 1 amide bonds. The molecule has 6 rings (SSSR count). The number of amides is 1. The number of aryl methyl sites for hydroxylation is 1. The van der Waals surface area contributed by atoms with Crippen LogP contribution in [0.4, 0.5) is 10.5 Å². The van der Waals surface area contributed by atoms with E-state index in [1.165, 1.54) is 11.1 Å². The van der Waals surface area contributed by atoms with Gasteiger partial charge in [-0.2, -0.15) is 0 Å². The third kappa shape index (κ3) is 5.99. The van der Waals surface area contributed by atoms with Crippen molar-refractivity contribution in [3.8, 4) is 16.9 Å². The van der Waals surface area contributed by atoms with E-state index in [1.54, 1.807) is 31.4 Å². The Labute approximate surface area is 250 Å². The van der Waals surface area contributed by atoms with Crippen molar-refractivity contribution in [3.05, 3.63) is 155 Å². The van der Waals surface area contributed by atoms with Crippen LogP contribution in [-0.4, -0.2) is 25.8 Å². The lowest BCUT2D eigenvalue weighted by molar-refractivity contribution is 0.0378. The number of hydrogen-bond donors (Lipinski definition) is 1. The predicted molar refractivity (Wildman–Crippen MR) is 167 cm³/mol. The molecule has 214 valence electrons. The Bertz CT molecular complexity index is 1700. The molecule has 0 saturated carbocycles. The van der Waals surface area contributed by atoms with Crippen LogP contribution in [0.15, 0.2) is 121 Å². The molecule has 1 atom stereocenters. The molecule has 0 spiro atoms. The van der Waals surface area contributed by atoms with E-state index in [-0.39, 0.29) is 12.5 Å². The molecule has 0 radical (unpaired) electrons. The highest BCUT2D eigenvalue weighted by molar-refractivity contribution is 5.91. The van der Waals surface area contributed by atoms with Gasteiger partial charge in [0.25, 0.3) is 0 Å². The second-order valence-corrected chi connectivity index (χ2v) is 10.5. The first kappa shape index (κ1) is 27.8. The molecule has 0 aliphatic heterocycles. The van der Waals surface area contributed by atoms with Gasteiger partial charge in [0.15, 0.2) is 6.10 Å². The largest absolute Gasteiger partial charge is 0.497 e. The number of fused-ring (bicyclic) bond motifs is 3. The smallest absolute Gasteiger partial charge is 0.411 e. The van der Waals surface area contributed by atoms with Crippen LogP contribution in [0.25, 0.3) is 11.1 Å². The van der Waals surface area contributed by atoms with Crippen molar-refractivity contribution in [3.63, 3.8) is 0 Å². The molecular formula is C37H31NO5. The summed E-state index contributed by atoms with van der Waals surface area (Å²) in [6.45, 7) is 2.23. The maximum absolute atomic E-state index is 13.2. The first-order valence-corrected chi connectivity index (χ1v) is 14.1. The number of nitrogens with one attached hydrogen (secondary N) is 1. The number of rotatable bonds is 8. The van der Waals surface area contributed by atoms with E-state index < -0.39 is 18.2 Å². The van der Waals surface area contributed by atoms with E-state index >= 15 is 0 Å². The number of ether oxygens (including phenoxy) is 3. The van der Waals surface area contributed by atoms with Crippen LogP contribution in [0.5, 0.6) is 5.75 Å². The van der Waals surface area contributed by atoms with Crippen molar-refractivity contribution in [2.75, 3.05) is 19.0 Å². The second-order valence-electron chi connectivity index (χ2n) is 10.5. The second kappa shape index (κ2) is 12.2. The molecule has 0 saturated heterocycles. The summed E-state index contributed by atoms with van der Waals surface area (Å²) < 4.78 is 16.9. The number of anilines is 1. The van der Waals surface area contributed by atoms with Gasteiger partial charge in [-0.25, -0.2) is 9.59 Å². The van der Waals surface area contributed by atoms with Crippen LogP contribution in [0.2, 0.25) is 0 Å². The van der Waals surface area contributed by atoms with Gasteiger partial charge in [0.05, 0.1) is 12.7 Å². The molecule has 1 aliphatic rings. The lowest BCUT2D eigenvalue weighted by Crippen LogP contribution is -2.18. The summed E-state index contributed by atoms with van der Waals surface area (Å²) in [6.07, 6.45) is -1.16. The van der Waals surface area contributed by atoms with Crippen LogP contribution in [0, 0.1) is 6.92 Å². The normalized spacial score (nSPS) is 12.5. The monoisotopic (exact) mass is 569 g/mol. The van der Waals surface area contributed by atoms with Crippen molar-refractivity contribution in [2.45, 2.75) is 18.9 Å². The summed E-state index contributed by atoms with van der Waals surface area (Å²) in [5.74, 6) is 0.216. The molecule has 6 nitrogen and oxygen atoms in total. The fraction of sp³-hybridized carbons (Fsp3) is 0.135. The standard InChI is InChI=1S/C37H31NO5/c1-24-11-13-25(14-12-24)35(26-17-21-29(41-2)22-18-26)43-36(39)27-15-19-28(20-16-27)38-37(40)42-23-34-32-9-5-3-7-30(32)31-8-4-6-10-33(31)34/h3-22,34-35H,23H2,1-2H3,(H,38,40). The Hall–Kier alpha value is -5.36. The van der Waals surface area contributed by atoms with Gasteiger partial charge < -0.3 is 14.2 Å². The van der Waals surface area contributed by atoms with E-state index in [0.717, 1.165) is 33.6 Å². The fourth-order valence-corrected chi connectivity index (χ4v) is 5.47. The third-order valence-electron chi connectivity index (χ3n) is 7.73. The van der Waals surface area contributed by atoms with Crippen molar-refractivity contribution in [2.24, 2.45) is 0 Å². The van der Waals surface area contributed by atoms with Crippen LogP contribution >= 0.6 is 0 Å². The first-order valence-electron chi connectivity index (χ1n) is 14.1. The molecule has 0 aromatic heterocycles. The minimum atomic E-state index is -0.599. The summed E-state index contributed by atoms with van der Waals surface area (Å²) in [6, 6.07) is 38.3. The average Bonchev–Trinajstić information content (AvgIpc) is 3.37. The molecule has 43 heavy (non-hydrogen) atoms. The predicted octanol–water partition coefficient (Wildman–Crippen LogP) is 8.31. The van der Waals surface area contributed by atoms with Gasteiger partial charge >= 0.3 is 12.1 Å². The van der Waals surface area contributed by atoms with Crippen molar-refractivity contribution in [1.29, 1.82) is 0 Å². The maximum Gasteiger partial charge on any atom is 0.411 e. The van der Waals surface area contributed by atoms with E-state index in [0.29, 0.717) is 11.3 Å². The van der Waals surface area contributed by atoms with Gasteiger partial charge in [0.1, 0.15) is 12.4 Å². The zero-order valence-electron chi connectivity index (χ0n) is 24.0. The minimum Gasteiger partial charge on any atom is -0.497 e. The molecule has 1 N–H and O–H groups in total. The maximum atomic E-state index is 13.2. The lowest BCUT2D eigenvalue weighted by Gasteiger charge is -2.20. The van der Waals surface area contributed by atoms with E-state index in [2.05, 4.69) is 29.6 Å². The van der Waals surface area contributed by atoms with Crippen molar-refractivity contribution in [1.82, 2.24) is 0 Å². The zero-order chi connectivity index (χ0) is 29.8. The summed E-state index contributed by atoms with van der Waals surface area (Å²) >= 11 is 0. The highest BCUT2D eigenvalue weighted by Gasteiger charge is 2.29. The number of esters is 1. The van der Waals surface area contributed by atoms with Crippen LogP contribution in [0.1, 0.15) is 50.2 Å². The Morgan fingerprint density at radius 3 is 1.86 bits per heavy atom. The summed E-state index contributed by atoms with van der Waals surface area (Å²) in [4.78, 5) is 25.9. The molecule has 0 heterocycles. The van der Waals surface area contributed by atoms with Crippen molar-refractivity contribution >= 4 is 17.7 Å². The molecule has 6 heteroatoms. The molecule has 1 unspecified atom stereocenters. The molecule has 0 fully saturated rings. The highest BCUT2D eigenvalue weighted by Crippen LogP contribution is 2.44. The summed E-state index contributed by atoms with van der Waals surface area (Å²) in [7, 11) is 1.61. The number of carbonyl (C=O) groups excluding carboxylic acids is 2. The van der Waals surface area contributed by atoms with E-state index in [9.17, 15) is 9.59 Å². The summed E-state index contributed by atoms with van der Waals surface area (Å²) in [5.41, 5.74) is 8.32. The molecule has 5 aromatic rings. The SMILES string of the molecule is COc1ccc(C(OC(=O)c2ccc(NC(=O)OCC3c4ccccc4-c4ccccc43)cc2)c2ccc(C)cc2)cc1. The zero-order valence-corrected chi connectivity index (χ0v) is 24.0. The Morgan fingerprint density at radius 2 is 1.28 bits per heavy atom. The number of hydrogen-bond acceptors (Lipinski definition) is 5. The third-order valence-corrected chi connectivity index (χ3v) is 7.73. The summed E-state index contributed by atoms with van der Waals surface area (Å²) in [5, 5.41) is 2.76. The number of methoxy groups -OCH3 is 1. The van der Waals surface area contributed by atoms with Gasteiger partial charge in [0, 0.05) is 11.6 Å². The Morgan fingerprint density at radius 1 is 0.721 bits per heavy atom. The van der Waals surface area contributed by atoms with E-state index in [4.69, 9.17) is 14.2 Å². The topological polar surface area (TPSA) is 73.9 Å².